The highest BCUT2D eigenvalue weighted by atomic mass is 19.1. The van der Waals surface area contributed by atoms with Gasteiger partial charge in [0.15, 0.2) is 0 Å². The van der Waals surface area contributed by atoms with Crippen LogP contribution in [-0.4, -0.2) is 29.2 Å². The highest BCUT2D eigenvalue weighted by molar-refractivity contribution is 5.16. The van der Waals surface area contributed by atoms with E-state index in [-0.39, 0.29) is 11.9 Å². The Labute approximate surface area is 95.7 Å². The Hall–Kier alpha value is -0.930. The predicted molar refractivity (Wildman–Crippen MR) is 61.5 cm³/mol. The van der Waals surface area contributed by atoms with Crippen LogP contribution in [0, 0.1) is 11.7 Å². The molecule has 1 aliphatic rings. The second kappa shape index (κ2) is 4.93. The SMILES string of the molecule is C[C@@H]1CN(Cc2cccc(F)c2)CC[C@H]1O. The molecule has 0 unspecified atom stereocenters. The van der Waals surface area contributed by atoms with Crippen molar-refractivity contribution in [1.82, 2.24) is 4.90 Å². The van der Waals surface area contributed by atoms with Crippen molar-refractivity contribution in [2.75, 3.05) is 13.1 Å². The zero-order valence-corrected chi connectivity index (χ0v) is 9.56. The molecule has 1 aromatic carbocycles. The second-order valence-electron chi connectivity index (χ2n) is 4.70. The summed E-state index contributed by atoms with van der Waals surface area (Å²) in [5.41, 5.74) is 1.00. The molecule has 1 heterocycles. The fourth-order valence-corrected chi connectivity index (χ4v) is 2.26. The number of piperidine rings is 1. The van der Waals surface area contributed by atoms with E-state index < -0.39 is 0 Å². The van der Waals surface area contributed by atoms with Gasteiger partial charge in [0.25, 0.3) is 0 Å². The Morgan fingerprint density at radius 1 is 1.50 bits per heavy atom. The van der Waals surface area contributed by atoms with Crippen molar-refractivity contribution in [1.29, 1.82) is 0 Å². The monoisotopic (exact) mass is 223 g/mol. The summed E-state index contributed by atoms with van der Waals surface area (Å²) >= 11 is 0. The van der Waals surface area contributed by atoms with Gasteiger partial charge in [-0.2, -0.15) is 0 Å². The molecule has 3 heteroatoms. The van der Waals surface area contributed by atoms with Crippen LogP contribution < -0.4 is 0 Å². The van der Waals surface area contributed by atoms with E-state index in [4.69, 9.17) is 0 Å². The van der Waals surface area contributed by atoms with Gasteiger partial charge in [-0.1, -0.05) is 19.1 Å². The lowest BCUT2D eigenvalue weighted by molar-refractivity contribution is 0.0320. The largest absolute Gasteiger partial charge is 0.393 e. The molecule has 1 saturated heterocycles. The molecule has 0 radical (unpaired) electrons. The Kier molecular flexibility index (Phi) is 3.56. The van der Waals surface area contributed by atoms with E-state index >= 15 is 0 Å². The lowest BCUT2D eigenvalue weighted by atomic mass is 9.96. The van der Waals surface area contributed by atoms with Crippen molar-refractivity contribution < 1.29 is 9.50 Å². The molecule has 2 nitrogen and oxygen atoms in total. The van der Waals surface area contributed by atoms with Crippen LogP contribution in [0.1, 0.15) is 18.9 Å². The summed E-state index contributed by atoms with van der Waals surface area (Å²) in [6.45, 7) is 4.61. The Morgan fingerprint density at radius 2 is 2.31 bits per heavy atom. The van der Waals surface area contributed by atoms with Crippen molar-refractivity contribution >= 4 is 0 Å². The lowest BCUT2D eigenvalue weighted by Crippen LogP contribution is -2.41. The van der Waals surface area contributed by atoms with E-state index in [1.165, 1.54) is 6.07 Å². The second-order valence-corrected chi connectivity index (χ2v) is 4.70. The summed E-state index contributed by atoms with van der Waals surface area (Å²) in [7, 11) is 0. The number of aliphatic hydroxyl groups excluding tert-OH is 1. The fourth-order valence-electron chi connectivity index (χ4n) is 2.26. The highest BCUT2D eigenvalue weighted by Crippen LogP contribution is 2.18. The molecule has 1 aromatic rings. The van der Waals surface area contributed by atoms with Crippen LogP contribution in [0.3, 0.4) is 0 Å². The Balaban J connectivity index is 1.95. The van der Waals surface area contributed by atoms with E-state index in [1.54, 1.807) is 12.1 Å². The van der Waals surface area contributed by atoms with Crippen LogP contribution >= 0.6 is 0 Å². The van der Waals surface area contributed by atoms with Gasteiger partial charge >= 0.3 is 0 Å². The quantitative estimate of drug-likeness (QED) is 0.829. The van der Waals surface area contributed by atoms with Crippen LogP contribution in [-0.2, 0) is 6.54 Å². The molecule has 1 aliphatic heterocycles. The molecule has 2 rings (SSSR count). The maximum atomic E-state index is 13.0. The predicted octanol–water partition coefficient (Wildman–Crippen LogP) is 2.03. The van der Waals surface area contributed by atoms with Gasteiger partial charge in [0, 0.05) is 19.6 Å². The topological polar surface area (TPSA) is 23.5 Å². The summed E-state index contributed by atoms with van der Waals surface area (Å²) in [6.07, 6.45) is 0.639. The van der Waals surface area contributed by atoms with Crippen LogP contribution in [0.4, 0.5) is 4.39 Å². The molecule has 0 bridgehead atoms. The van der Waals surface area contributed by atoms with E-state index in [9.17, 15) is 9.50 Å². The third-order valence-electron chi connectivity index (χ3n) is 3.24. The summed E-state index contributed by atoms with van der Waals surface area (Å²) < 4.78 is 13.0. The zero-order chi connectivity index (χ0) is 11.5. The van der Waals surface area contributed by atoms with Crippen molar-refractivity contribution in [3.05, 3.63) is 35.6 Å². The molecular formula is C13H18FNO. The van der Waals surface area contributed by atoms with Crippen LogP contribution in [0.5, 0.6) is 0 Å². The van der Waals surface area contributed by atoms with Gasteiger partial charge in [-0.05, 0) is 30.0 Å². The standard InChI is InChI=1S/C13H18FNO/c1-10-8-15(6-5-13(10)16)9-11-3-2-4-12(14)7-11/h2-4,7,10,13,16H,5-6,8-9H2,1H3/t10-,13-/m1/s1. The Morgan fingerprint density at radius 3 is 3.00 bits per heavy atom. The molecule has 88 valence electrons. The lowest BCUT2D eigenvalue weighted by Gasteiger charge is -2.34. The number of nitrogens with zero attached hydrogens (tertiary/aromatic N) is 1. The molecule has 2 atom stereocenters. The molecule has 0 aromatic heterocycles. The number of halogens is 1. The number of rotatable bonds is 2. The summed E-state index contributed by atoms with van der Waals surface area (Å²) in [5, 5.41) is 9.62. The van der Waals surface area contributed by atoms with Crippen molar-refractivity contribution in [3.63, 3.8) is 0 Å². The molecule has 0 saturated carbocycles. The molecule has 1 fully saturated rings. The van der Waals surface area contributed by atoms with Gasteiger partial charge in [-0.25, -0.2) is 4.39 Å². The van der Waals surface area contributed by atoms with Gasteiger partial charge < -0.3 is 5.11 Å². The van der Waals surface area contributed by atoms with Gasteiger partial charge in [0.1, 0.15) is 5.82 Å². The van der Waals surface area contributed by atoms with Gasteiger partial charge in [-0.3, -0.25) is 4.90 Å². The molecular weight excluding hydrogens is 205 g/mol. The fraction of sp³-hybridized carbons (Fsp3) is 0.538. The first-order valence-electron chi connectivity index (χ1n) is 5.80. The molecule has 1 N–H and O–H groups in total. The number of benzene rings is 1. The van der Waals surface area contributed by atoms with E-state index in [2.05, 4.69) is 11.8 Å². The summed E-state index contributed by atoms with van der Waals surface area (Å²) in [6, 6.07) is 6.73. The maximum Gasteiger partial charge on any atom is 0.123 e. The summed E-state index contributed by atoms with van der Waals surface area (Å²) in [4.78, 5) is 2.27. The van der Waals surface area contributed by atoms with Crippen molar-refractivity contribution in [3.8, 4) is 0 Å². The van der Waals surface area contributed by atoms with Gasteiger partial charge in [-0.15, -0.1) is 0 Å². The van der Waals surface area contributed by atoms with Crippen molar-refractivity contribution in [2.45, 2.75) is 26.0 Å². The third-order valence-corrected chi connectivity index (χ3v) is 3.24. The summed E-state index contributed by atoms with van der Waals surface area (Å²) in [5.74, 6) is 0.130. The van der Waals surface area contributed by atoms with Crippen LogP contribution in [0.2, 0.25) is 0 Å². The average Bonchev–Trinajstić information content (AvgIpc) is 2.24. The van der Waals surface area contributed by atoms with E-state index in [0.29, 0.717) is 5.92 Å². The number of hydrogen-bond donors (Lipinski definition) is 1. The van der Waals surface area contributed by atoms with Crippen LogP contribution in [0.25, 0.3) is 0 Å². The minimum Gasteiger partial charge on any atom is -0.393 e. The highest BCUT2D eigenvalue weighted by Gasteiger charge is 2.23. The average molecular weight is 223 g/mol. The normalized spacial score (nSPS) is 26.9. The smallest absolute Gasteiger partial charge is 0.123 e. The number of aliphatic hydroxyl groups is 1. The number of likely N-dealkylation sites (tertiary alicyclic amines) is 1. The first-order valence-corrected chi connectivity index (χ1v) is 5.80. The van der Waals surface area contributed by atoms with Gasteiger partial charge in [0.05, 0.1) is 6.10 Å². The van der Waals surface area contributed by atoms with Crippen molar-refractivity contribution in [2.24, 2.45) is 5.92 Å². The molecule has 0 aliphatic carbocycles. The van der Waals surface area contributed by atoms with Gasteiger partial charge in [0.2, 0.25) is 0 Å². The van der Waals surface area contributed by atoms with Crippen LogP contribution in [0.15, 0.2) is 24.3 Å². The van der Waals surface area contributed by atoms with E-state index in [0.717, 1.165) is 31.6 Å². The van der Waals surface area contributed by atoms with E-state index in [1.807, 2.05) is 6.07 Å². The Bertz CT molecular complexity index is 356. The number of hydrogen-bond acceptors (Lipinski definition) is 2. The molecule has 0 spiro atoms. The molecule has 16 heavy (non-hydrogen) atoms. The zero-order valence-electron chi connectivity index (χ0n) is 9.56. The first kappa shape index (κ1) is 11.6. The first-order chi connectivity index (χ1) is 7.65. The minimum absolute atomic E-state index is 0.177. The minimum atomic E-state index is -0.178. The third kappa shape index (κ3) is 2.80. The maximum absolute atomic E-state index is 13.0. The molecule has 0 amide bonds.